The molecule has 3 aromatic heterocycles. The molecule has 0 atom stereocenters. The van der Waals surface area contributed by atoms with E-state index in [1.54, 1.807) is 23.7 Å². The average molecular weight is 302 g/mol. The van der Waals surface area contributed by atoms with Crippen LogP contribution in [0.25, 0.3) is 10.8 Å². The third-order valence-corrected chi connectivity index (χ3v) is 3.53. The predicted octanol–water partition coefficient (Wildman–Crippen LogP) is 3.20. The number of nitrogens with one attached hydrogen (secondary N) is 1. The first-order valence-corrected chi connectivity index (χ1v) is 7.40. The molecule has 3 rings (SSSR count). The second-order valence-electron chi connectivity index (χ2n) is 4.15. The summed E-state index contributed by atoms with van der Waals surface area (Å²) >= 11 is 1.60. The van der Waals surface area contributed by atoms with Crippen LogP contribution in [-0.4, -0.2) is 21.6 Å². The third kappa shape index (κ3) is 3.38. The van der Waals surface area contributed by atoms with E-state index in [0.717, 1.165) is 10.6 Å². The molecule has 0 aliphatic carbocycles. The highest BCUT2D eigenvalue weighted by atomic mass is 32.1. The van der Waals surface area contributed by atoms with Crippen LogP contribution in [0.4, 0.5) is 5.82 Å². The van der Waals surface area contributed by atoms with Gasteiger partial charge >= 0.3 is 0 Å². The Bertz CT molecular complexity index is 697. The van der Waals surface area contributed by atoms with E-state index in [9.17, 15) is 0 Å². The van der Waals surface area contributed by atoms with Gasteiger partial charge in [-0.1, -0.05) is 6.07 Å². The van der Waals surface area contributed by atoms with Crippen molar-refractivity contribution in [1.82, 2.24) is 15.0 Å². The maximum atomic E-state index is 5.46. The molecule has 0 saturated carbocycles. The summed E-state index contributed by atoms with van der Waals surface area (Å²) in [5.41, 5.74) is 0.815. The van der Waals surface area contributed by atoms with Crippen LogP contribution in [-0.2, 0) is 6.54 Å². The number of anilines is 1. The minimum atomic E-state index is 0.525. The molecule has 21 heavy (non-hydrogen) atoms. The lowest BCUT2D eigenvalue weighted by atomic mass is 10.4. The van der Waals surface area contributed by atoms with Crippen LogP contribution in [0.3, 0.4) is 0 Å². The number of aromatic nitrogens is 3. The largest absolute Gasteiger partial charge is 0.478 e. The number of rotatable bonds is 6. The monoisotopic (exact) mass is 302 g/mol. The Hall–Kier alpha value is -2.41. The Morgan fingerprint density at radius 1 is 1.38 bits per heavy atom. The van der Waals surface area contributed by atoms with Gasteiger partial charge in [-0.2, -0.15) is 0 Å². The highest BCUT2D eigenvalue weighted by molar-refractivity contribution is 7.13. The number of oxazole rings is 1. The molecule has 0 spiro atoms. The van der Waals surface area contributed by atoms with Gasteiger partial charge in [0.25, 0.3) is 0 Å². The smallest absolute Gasteiger partial charge is 0.236 e. The number of ether oxygens (including phenoxy) is 1. The van der Waals surface area contributed by atoms with Crippen LogP contribution in [0.5, 0.6) is 5.88 Å². The third-order valence-electron chi connectivity index (χ3n) is 2.67. The SMILES string of the molecule is CCOc1cc(NCc2coc(-c3cccs3)n2)ncn1. The lowest BCUT2D eigenvalue weighted by Gasteiger charge is -2.05. The first kappa shape index (κ1) is 13.6. The molecule has 7 heteroatoms. The molecule has 0 fully saturated rings. The first-order valence-electron chi connectivity index (χ1n) is 6.52. The van der Waals surface area contributed by atoms with E-state index >= 15 is 0 Å². The van der Waals surface area contributed by atoms with Crippen molar-refractivity contribution in [3.8, 4) is 16.6 Å². The van der Waals surface area contributed by atoms with Crippen LogP contribution in [0.2, 0.25) is 0 Å². The van der Waals surface area contributed by atoms with Crippen LogP contribution in [0.1, 0.15) is 12.6 Å². The standard InChI is InChI=1S/C14H14N4O2S/c1-2-19-13-6-12(16-9-17-13)15-7-10-8-20-14(18-10)11-4-3-5-21-11/h3-6,8-9H,2,7H2,1H3,(H,15,16,17). The van der Waals surface area contributed by atoms with Crippen molar-refractivity contribution < 1.29 is 9.15 Å². The van der Waals surface area contributed by atoms with Gasteiger partial charge in [0.1, 0.15) is 18.4 Å². The molecule has 0 aromatic carbocycles. The Balaban J connectivity index is 1.64. The Morgan fingerprint density at radius 3 is 3.14 bits per heavy atom. The predicted molar refractivity (Wildman–Crippen MR) is 80.3 cm³/mol. The molecule has 0 saturated heterocycles. The van der Waals surface area contributed by atoms with Gasteiger partial charge in [-0.25, -0.2) is 15.0 Å². The summed E-state index contributed by atoms with van der Waals surface area (Å²) in [6.07, 6.45) is 3.11. The topological polar surface area (TPSA) is 73.1 Å². The minimum absolute atomic E-state index is 0.525. The summed E-state index contributed by atoms with van der Waals surface area (Å²) < 4.78 is 10.8. The fraction of sp³-hybridized carbons (Fsp3) is 0.214. The zero-order valence-corrected chi connectivity index (χ0v) is 12.3. The second-order valence-corrected chi connectivity index (χ2v) is 5.10. The molecule has 0 unspecified atom stereocenters. The first-order chi connectivity index (χ1) is 10.3. The fourth-order valence-corrected chi connectivity index (χ4v) is 2.40. The molecular formula is C14H14N4O2S. The van der Waals surface area contributed by atoms with Gasteiger partial charge < -0.3 is 14.5 Å². The van der Waals surface area contributed by atoms with Crippen LogP contribution in [0.15, 0.2) is 40.6 Å². The molecular weight excluding hydrogens is 288 g/mol. The fourth-order valence-electron chi connectivity index (χ4n) is 1.75. The quantitative estimate of drug-likeness (QED) is 0.753. The summed E-state index contributed by atoms with van der Waals surface area (Å²) in [6, 6.07) is 5.70. The Morgan fingerprint density at radius 2 is 2.33 bits per heavy atom. The van der Waals surface area contributed by atoms with E-state index in [0.29, 0.717) is 30.7 Å². The van der Waals surface area contributed by atoms with Gasteiger partial charge in [0.05, 0.1) is 23.7 Å². The van der Waals surface area contributed by atoms with Gasteiger partial charge in [-0.3, -0.25) is 0 Å². The van der Waals surface area contributed by atoms with Crippen molar-refractivity contribution in [2.24, 2.45) is 0 Å². The van der Waals surface area contributed by atoms with Crippen molar-refractivity contribution in [3.05, 3.63) is 41.9 Å². The van der Waals surface area contributed by atoms with Crippen molar-refractivity contribution in [2.75, 3.05) is 11.9 Å². The average Bonchev–Trinajstić information content (AvgIpc) is 3.17. The van der Waals surface area contributed by atoms with Gasteiger partial charge in [0, 0.05) is 6.07 Å². The minimum Gasteiger partial charge on any atom is -0.478 e. The lowest BCUT2D eigenvalue weighted by molar-refractivity contribution is 0.326. The molecule has 0 aliphatic rings. The summed E-state index contributed by atoms with van der Waals surface area (Å²) in [5.74, 6) is 1.88. The van der Waals surface area contributed by atoms with Crippen LogP contribution in [0, 0.1) is 0 Å². The zero-order chi connectivity index (χ0) is 14.5. The maximum Gasteiger partial charge on any atom is 0.236 e. The number of nitrogens with zero attached hydrogens (tertiary/aromatic N) is 3. The summed E-state index contributed by atoms with van der Waals surface area (Å²) in [6.45, 7) is 3.01. The molecule has 0 amide bonds. The summed E-state index contributed by atoms with van der Waals surface area (Å²) in [7, 11) is 0. The van der Waals surface area contributed by atoms with Gasteiger partial charge in [0.2, 0.25) is 11.8 Å². The second kappa shape index (κ2) is 6.36. The Kier molecular flexibility index (Phi) is 4.11. The molecule has 3 aromatic rings. The van der Waals surface area contributed by atoms with E-state index < -0.39 is 0 Å². The normalized spacial score (nSPS) is 10.5. The highest BCUT2D eigenvalue weighted by Gasteiger charge is 2.07. The van der Waals surface area contributed by atoms with Crippen LogP contribution < -0.4 is 10.1 Å². The zero-order valence-electron chi connectivity index (χ0n) is 11.4. The van der Waals surface area contributed by atoms with Gasteiger partial charge in [-0.15, -0.1) is 11.3 Å². The van der Waals surface area contributed by atoms with Gasteiger partial charge in [0.15, 0.2) is 0 Å². The molecule has 1 N–H and O–H groups in total. The Labute approximate surface area is 125 Å². The summed E-state index contributed by atoms with van der Waals surface area (Å²) in [5, 5.41) is 5.16. The summed E-state index contributed by atoms with van der Waals surface area (Å²) in [4.78, 5) is 13.6. The molecule has 3 heterocycles. The van der Waals surface area contributed by atoms with E-state index in [1.807, 2.05) is 24.4 Å². The van der Waals surface area contributed by atoms with E-state index in [-0.39, 0.29) is 0 Å². The van der Waals surface area contributed by atoms with Crippen molar-refractivity contribution in [2.45, 2.75) is 13.5 Å². The maximum absolute atomic E-state index is 5.46. The molecule has 0 bridgehead atoms. The highest BCUT2D eigenvalue weighted by Crippen LogP contribution is 2.23. The lowest BCUT2D eigenvalue weighted by Crippen LogP contribution is -2.03. The number of thiophene rings is 1. The van der Waals surface area contributed by atoms with E-state index in [2.05, 4.69) is 20.3 Å². The molecule has 0 radical (unpaired) electrons. The van der Waals surface area contributed by atoms with Gasteiger partial charge in [-0.05, 0) is 18.4 Å². The number of hydrogen-bond donors (Lipinski definition) is 1. The van der Waals surface area contributed by atoms with Crippen molar-refractivity contribution >= 4 is 17.2 Å². The molecule has 0 aliphatic heterocycles. The van der Waals surface area contributed by atoms with Crippen molar-refractivity contribution in [1.29, 1.82) is 0 Å². The molecule has 6 nitrogen and oxygen atoms in total. The van der Waals surface area contributed by atoms with Crippen LogP contribution >= 0.6 is 11.3 Å². The number of hydrogen-bond acceptors (Lipinski definition) is 7. The molecule has 108 valence electrons. The van der Waals surface area contributed by atoms with E-state index in [4.69, 9.17) is 9.15 Å². The van der Waals surface area contributed by atoms with E-state index in [1.165, 1.54) is 6.33 Å². The van der Waals surface area contributed by atoms with Crippen molar-refractivity contribution in [3.63, 3.8) is 0 Å².